The van der Waals surface area contributed by atoms with Crippen LogP contribution in [0.15, 0.2) is 24.3 Å². The SMILES string of the molecule is CCOc1ccc(C2CN(C(C)C)C(=O)N2)cc1. The van der Waals surface area contributed by atoms with Crippen LogP contribution in [0.25, 0.3) is 0 Å². The van der Waals surface area contributed by atoms with E-state index in [1.165, 1.54) is 0 Å². The largest absolute Gasteiger partial charge is 0.494 e. The summed E-state index contributed by atoms with van der Waals surface area (Å²) in [6.07, 6.45) is 0. The highest BCUT2D eigenvalue weighted by Crippen LogP contribution is 2.23. The van der Waals surface area contributed by atoms with E-state index in [2.05, 4.69) is 5.32 Å². The summed E-state index contributed by atoms with van der Waals surface area (Å²) in [5, 5.41) is 3.00. The van der Waals surface area contributed by atoms with Crippen LogP contribution in [0, 0.1) is 0 Å². The van der Waals surface area contributed by atoms with E-state index in [-0.39, 0.29) is 18.1 Å². The van der Waals surface area contributed by atoms with Crippen molar-refractivity contribution >= 4 is 6.03 Å². The Morgan fingerprint density at radius 1 is 1.39 bits per heavy atom. The second-order valence-corrected chi connectivity index (χ2v) is 4.75. The number of urea groups is 1. The lowest BCUT2D eigenvalue weighted by molar-refractivity contribution is 0.206. The number of hydrogen-bond donors (Lipinski definition) is 1. The molecule has 2 rings (SSSR count). The summed E-state index contributed by atoms with van der Waals surface area (Å²) in [5.41, 5.74) is 1.12. The Kier molecular flexibility index (Phi) is 3.75. The van der Waals surface area contributed by atoms with Crippen LogP contribution >= 0.6 is 0 Å². The number of nitrogens with one attached hydrogen (secondary N) is 1. The molecule has 0 spiro atoms. The van der Waals surface area contributed by atoms with E-state index in [0.717, 1.165) is 17.9 Å². The maximum atomic E-state index is 11.8. The van der Waals surface area contributed by atoms with Crippen LogP contribution in [0.4, 0.5) is 4.79 Å². The van der Waals surface area contributed by atoms with E-state index >= 15 is 0 Å². The van der Waals surface area contributed by atoms with E-state index in [9.17, 15) is 4.79 Å². The number of ether oxygens (including phenoxy) is 1. The third-order valence-corrected chi connectivity index (χ3v) is 3.15. The van der Waals surface area contributed by atoms with E-state index < -0.39 is 0 Å². The van der Waals surface area contributed by atoms with E-state index in [1.807, 2.05) is 49.9 Å². The fraction of sp³-hybridized carbons (Fsp3) is 0.500. The number of carbonyl (C=O) groups is 1. The van der Waals surface area contributed by atoms with Crippen molar-refractivity contribution < 1.29 is 9.53 Å². The van der Waals surface area contributed by atoms with Crippen molar-refractivity contribution in [2.75, 3.05) is 13.2 Å². The van der Waals surface area contributed by atoms with Crippen LogP contribution in [0.1, 0.15) is 32.4 Å². The first kappa shape index (κ1) is 12.7. The van der Waals surface area contributed by atoms with Crippen LogP contribution in [-0.2, 0) is 0 Å². The molecular weight excluding hydrogens is 228 g/mol. The highest BCUT2D eigenvalue weighted by atomic mass is 16.5. The molecule has 1 aliphatic rings. The molecule has 0 bridgehead atoms. The molecule has 4 heteroatoms. The van der Waals surface area contributed by atoms with Gasteiger partial charge >= 0.3 is 6.03 Å². The summed E-state index contributed by atoms with van der Waals surface area (Å²) in [5.74, 6) is 0.867. The molecule has 4 nitrogen and oxygen atoms in total. The minimum atomic E-state index is 0.0175. The molecule has 0 aliphatic carbocycles. The second-order valence-electron chi connectivity index (χ2n) is 4.75. The summed E-state index contributed by atoms with van der Waals surface area (Å²) >= 11 is 0. The van der Waals surface area contributed by atoms with E-state index in [1.54, 1.807) is 0 Å². The molecule has 1 atom stereocenters. The molecule has 1 aromatic rings. The fourth-order valence-electron chi connectivity index (χ4n) is 2.15. The van der Waals surface area contributed by atoms with Gasteiger partial charge in [-0.2, -0.15) is 0 Å². The lowest BCUT2D eigenvalue weighted by Crippen LogP contribution is -2.33. The zero-order valence-electron chi connectivity index (χ0n) is 11.1. The normalized spacial score (nSPS) is 19.2. The van der Waals surface area contributed by atoms with Crippen LogP contribution in [0.5, 0.6) is 5.75 Å². The Hall–Kier alpha value is -1.71. The van der Waals surface area contributed by atoms with Gasteiger partial charge in [-0.1, -0.05) is 12.1 Å². The molecule has 98 valence electrons. The smallest absolute Gasteiger partial charge is 0.318 e. The van der Waals surface area contributed by atoms with Gasteiger partial charge in [0, 0.05) is 12.6 Å². The summed E-state index contributed by atoms with van der Waals surface area (Å²) in [4.78, 5) is 13.6. The Bertz CT molecular complexity index is 414. The van der Waals surface area contributed by atoms with Crippen molar-refractivity contribution in [1.29, 1.82) is 0 Å². The molecule has 0 aromatic heterocycles. The molecule has 1 fully saturated rings. The third kappa shape index (κ3) is 2.58. The van der Waals surface area contributed by atoms with Gasteiger partial charge in [0.2, 0.25) is 0 Å². The molecule has 18 heavy (non-hydrogen) atoms. The minimum Gasteiger partial charge on any atom is -0.494 e. The zero-order chi connectivity index (χ0) is 13.1. The Balaban J connectivity index is 2.07. The van der Waals surface area contributed by atoms with Crippen molar-refractivity contribution in [2.24, 2.45) is 0 Å². The van der Waals surface area contributed by atoms with Gasteiger partial charge in [0.15, 0.2) is 0 Å². The van der Waals surface area contributed by atoms with Gasteiger partial charge in [-0.15, -0.1) is 0 Å². The van der Waals surface area contributed by atoms with Crippen molar-refractivity contribution in [2.45, 2.75) is 32.9 Å². The summed E-state index contributed by atoms with van der Waals surface area (Å²) < 4.78 is 5.41. The Morgan fingerprint density at radius 3 is 2.56 bits per heavy atom. The van der Waals surface area contributed by atoms with Gasteiger partial charge in [-0.3, -0.25) is 0 Å². The molecule has 1 aromatic carbocycles. The fourth-order valence-corrected chi connectivity index (χ4v) is 2.15. The number of nitrogens with zero attached hydrogens (tertiary/aromatic N) is 1. The first-order valence-corrected chi connectivity index (χ1v) is 6.41. The first-order chi connectivity index (χ1) is 8.61. The van der Waals surface area contributed by atoms with Crippen molar-refractivity contribution in [3.05, 3.63) is 29.8 Å². The molecule has 1 unspecified atom stereocenters. The predicted octanol–water partition coefficient (Wildman–Crippen LogP) is 2.56. The van der Waals surface area contributed by atoms with Gasteiger partial charge in [0.05, 0.1) is 12.6 Å². The van der Waals surface area contributed by atoms with E-state index in [0.29, 0.717) is 6.61 Å². The lowest BCUT2D eigenvalue weighted by Gasteiger charge is -2.18. The maximum Gasteiger partial charge on any atom is 0.318 e. The number of rotatable bonds is 4. The summed E-state index contributed by atoms with van der Waals surface area (Å²) in [7, 11) is 0. The van der Waals surface area contributed by atoms with Gasteiger partial charge in [0.25, 0.3) is 0 Å². The van der Waals surface area contributed by atoms with Crippen molar-refractivity contribution in [1.82, 2.24) is 10.2 Å². The molecule has 1 aliphatic heterocycles. The van der Waals surface area contributed by atoms with Crippen LogP contribution < -0.4 is 10.1 Å². The predicted molar refractivity (Wildman–Crippen MR) is 70.7 cm³/mol. The molecule has 1 heterocycles. The number of hydrogen-bond acceptors (Lipinski definition) is 2. The number of carbonyl (C=O) groups excluding carboxylic acids is 1. The Labute approximate surface area is 108 Å². The van der Waals surface area contributed by atoms with Crippen LogP contribution in [0.3, 0.4) is 0 Å². The van der Waals surface area contributed by atoms with Crippen molar-refractivity contribution in [3.8, 4) is 5.75 Å². The molecule has 1 N–H and O–H groups in total. The van der Waals surface area contributed by atoms with Gasteiger partial charge in [-0.05, 0) is 38.5 Å². The zero-order valence-corrected chi connectivity index (χ0v) is 11.1. The average Bonchev–Trinajstić information content (AvgIpc) is 2.73. The summed E-state index contributed by atoms with van der Waals surface area (Å²) in [6, 6.07) is 8.25. The second kappa shape index (κ2) is 5.29. The standard InChI is InChI=1S/C14H20N2O2/c1-4-18-12-7-5-11(6-8-12)13-9-16(10(2)3)14(17)15-13/h5-8,10,13H,4,9H2,1-3H3,(H,15,17). The topological polar surface area (TPSA) is 41.6 Å². The lowest BCUT2D eigenvalue weighted by atomic mass is 10.1. The van der Waals surface area contributed by atoms with E-state index in [4.69, 9.17) is 4.74 Å². The van der Waals surface area contributed by atoms with Gasteiger partial charge in [0.1, 0.15) is 5.75 Å². The van der Waals surface area contributed by atoms with Gasteiger partial charge in [-0.25, -0.2) is 4.79 Å². The molecule has 0 radical (unpaired) electrons. The quantitative estimate of drug-likeness (QED) is 0.889. The number of amides is 2. The van der Waals surface area contributed by atoms with Gasteiger partial charge < -0.3 is 15.0 Å². The minimum absolute atomic E-state index is 0.0175. The number of benzene rings is 1. The van der Waals surface area contributed by atoms with Crippen molar-refractivity contribution in [3.63, 3.8) is 0 Å². The highest BCUT2D eigenvalue weighted by Gasteiger charge is 2.30. The molecule has 1 saturated heterocycles. The first-order valence-electron chi connectivity index (χ1n) is 6.41. The monoisotopic (exact) mass is 248 g/mol. The molecule has 2 amide bonds. The summed E-state index contributed by atoms with van der Waals surface area (Å²) in [6.45, 7) is 7.41. The maximum absolute atomic E-state index is 11.8. The molecular formula is C14H20N2O2. The van der Waals surface area contributed by atoms with Crippen LogP contribution in [0.2, 0.25) is 0 Å². The molecule has 0 saturated carbocycles. The average molecular weight is 248 g/mol. The Morgan fingerprint density at radius 2 is 2.06 bits per heavy atom. The highest BCUT2D eigenvalue weighted by molar-refractivity contribution is 5.77. The third-order valence-electron chi connectivity index (χ3n) is 3.15. The van der Waals surface area contributed by atoms with Crippen LogP contribution in [-0.4, -0.2) is 30.1 Å².